The van der Waals surface area contributed by atoms with Crippen LogP contribution >= 0.6 is 0 Å². The average molecular weight is 438 g/mol. The van der Waals surface area contributed by atoms with Gasteiger partial charge in [-0.2, -0.15) is 0 Å². The molecule has 3 amide bonds. The zero-order chi connectivity index (χ0) is 22.7. The molecule has 6 heteroatoms. The van der Waals surface area contributed by atoms with Crippen LogP contribution in [0.25, 0.3) is 0 Å². The fourth-order valence-electron chi connectivity index (χ4n) is 8.02. The summed E-state index contributed by atoms with van der Waals surface area (Å²) >= 11 is 0. The van der Waals surface area contributed by atoms with Crippen LogP contribution in [-0.4, -0.2) is 24.3 Å². The number of hydrogen-bond acceptors (Lipinski definition) is 3. The van der Waals surface area contributed by atoms with Crippen LogP contribution in [0.1, 0.15) is 56.6 Å². The first-order chi connectivity index (χ1) is 15.2. The van der Waals surface area contributed by atoms with E-state index in [1.54, 1.807) is 0 Å². The molecule has 0 aromatic heterocycles. The fraction of sp³-hybridized carbons (Fsp3) is 0.654. The van der Waals surface area contributed by atoms with Gasteiger partial charge in [-0.15, -0.1) is 0 Å². The second-order valence-corrected chi connectivity index (χ2v) is 11.2. The van der Waals surface area contributed by atoms with Gasteiger partial charge < -0.3 is 16.4 Å². The molecule has 6 rings (SSSR count). The highest BCUT2D eigenvalue weighted by atomic mass is 16.2. The number of amides is 3. The molecule has 1 heterocycles. The molecule has 32 heavy (non-hydrogen) atoms. The molecule has 4 saturated carbocycles. The molecule has 172 valence electrons. The number of rotatable bonds is 5. The second-order valence-electron chi connectivity index (χ2n) is 11.2. The SMILES string of the molecule is Cc1ccccc1CNC(=O)C1(C)C(=O)NCCC1C1C2CC3CC1CC(C(N)=O)(C3)C2. The summed E-state index contributed by atoms with van der Waals surface area (Å²) in [6.07, 6.45) is 5.62. The first-order valence-electron chi connectivity index (χ1n) is 12.2. The Bertz CT molecular complexity index is 943. The highest BCUT2D eigenvalue weighted by molar-refractivity contribution is 6.05. The minimum absolute atomic E-state index is 0.00644. The number of piperidine rings is 1. The molecular formula is C26H35N3O3. The van der Waals surface area contributed by atoms with E-state index in [0.717, 1.165) is 49.7 Å². The Kier molecular flexibility index (Phi) is 5.10. The van der Waals surface area contributed by atoms with E-state index in [2.05, 4.69) is 10.6 Å². The summed E-state index contributed by atoms with van der Waals surface area (Å²) in [5, 5.41) is 6.05. The van der Waals surface area contributed by atoms with Crippen LogP contribution in [0.2, 0.25) is 0 Å². The zero-order valence-electron chi connectivity index (χ0n) is 19.2. The van der Waals surface area contributed by atoms with Gasteiger partial charge in [0.15, 0.2) is 0 Å². The van der Waals surface area contributed by atoms with Crippen molar-refractivity contribution in [2.24, 2.45) is 46.2 Å². The summed E-state index contributed by atoms with van der Waals surface area (Å²) in [5.41, 5.74) is 6.62. The second kappa shape index (κ2) is 7.60. The van der Waals surface area contributed by atoms with Gasteiger partial charge in [0.2, 0.25) is 17.7 Å². The molecule has 1 aromatic carbocycles. The molecule has 0 radical (unpaired) electrons. The number of benzene rings is 1. The predicted octanol–water partition coefficient (Wildman–Crippen LogP) is 2.68. The van der Waals surface area contributed by atoms with Gasteiger partial charge in [-0.1, -0.05) is 24.3 Å². The molecule has 4 N–H and O–H groups in total. The van der Waals surface area contributed by atoms with Crippen LogP contribution in [-0.2, 0) is 20.9 Å². The zero-order valence-corrected chi connectivity index (χ0v) is 19.2. The lowest BCUT2D eigenvalue weighted by atomic mass is 9.42. The third-order valence-electron chi connectivity index (χ3n) is 9.46. The van der Waals surface area contributed by atoms with Crippen LogP contribution in [0, 0.1) is 47.3 Å². The van der Waals surface area contributed by atoms with Crippen LogP contribution in [0.15, 0.2) is 24.3 Å². The summed E-state index contributed by atoms with van der Waals surface area (Å²) in [6, 6.07) is 7.99. The topological polar surface area (TPSA) is 101 Å². The Labute approximate surface area is 190 Å². The van der Waals surface area contributed by atoms with Gasteiger partial charge in [0.05, 0.1) is 0 Å². The maximum absolute atomic E-state index is 13.6. The van der Waals surface area contributed by atoms with Crippen molar-refractivity contribution in [3.8, 4) is 0 Å². The molecule has 1 saturated heterocycles. The van der Waals surface area contributed by atoms with E-state index < -0.39 is 5.41 Å². The van der Waals surface area contributed by atoms with Crippen molar-refractivity contribution in [2.45, 2.75) is 58.9 Å². The van der Waals surface area contributed by atoms with E-state index in [0.29, 0.717) is 36.8 Å². The molecule has 1 aliphatic heterocycles. The number of carbonyl (C=O) groups excluding carboxylic acids is 3. The molecule has 4 unspecified atom stereocenters. The number of carbonyl (C=O) groups is 3. The van der Waals surface area contributed by atoms with Crippen molar-refractivity contribution in [1.29, 1.82) is 0 Å². The highest BCUT2D eigenvalue weighted by Crippen LogP contribution is 2.65. The third kappa shape index (κ3) is 3.17. The molecule has 5 aliphatic rings. The maximum atomic E-state index is 13.6. The maximum Gasteiger partial charge on any atom is 0.235 e. The molecule has 1 aromatic rings. The van der Waals surface area contributed by atoms with Gasteiger partial charge in [0, 0.05) is 18.5 Å². The summed E-state index contributed by atoms with van der Waals surface area (Å²) < 4.78 is 0. The van der Waals surface area contributed by atoms with Crippen molar-refractivity contribution in [3.63, 3.8) is 0 Å². The molecular weight excluding hydrogens is 402 g/mol. The van der Waals surface area contributed by atoms with Gasteiger partial charge in [0.25, 0.3) is 0 Å². The normalized spacial score (nSPS) is 40.1. The van der Waals surface area contributed by atoms with Gasteiger partial charge in [-0.25, -0.2) is 0 Å². The number of nitrogens with one attached hydrogen (secondary N) is 2. The lowest BCUT2D eigenvalue weighted by molar-refractivity contribution is -0.171. The van der Waals surface area contributed by atoms with E-state index in [9.17, 15) is 14.4 Å². The van der Waals surface area contributed by atoms with Gasteiger partial charge in [-0.3, -0.25) is 14.4 Å². The quantitative estimate of drug-likeness (QED) is 0.617. The van der Waals surface area contributed by atoms with Crippen LogP contribution in [0.5, 0.6) is 0 Å². The number of primary amides is 1. The van der Waals surface area contributed by atoms with E-state index in [1.807, 2.05) is 38.1 Å². The Morgan fingerprint density at radius 1 is 1.16 bits per heavy atom. The highest BCUT2D eigenvalue weighted by Gasteiger charge is 2.63. The summed E-state index contributed by atoms with van der Waals surface area (Å²) in [6.45, 7) is 4.91. The van der Waals surface area contributed by atoms with Gasteiger partial charge in [-0.05, 0) is 93.1 Å². The molecule has 6 nitrogen and oxygen atoms in total. The lowest BCUT2D eigenvalue weighted by Crippen LogP contribution is -2.64. The van der Waals surface area contributed by atoms with Crippen molar-refractivity contribution in [1.82, 2.24) is 10.6 Å². The van der Waals surface area contributed by atoms with E-state index >= 15 is 0 Å². The Morgan fingerprint density at radius 3 is 2.50 bits per heavy atom. The van der Waals surface area contributed by atoms with Crippen LogP contribution in [0.4, 0.5) is 0 Å². The lowest BCUT2D eigenvalue weighted by Gasteiger charge is -2.62. The van der Waals surface area contributed by atoms with Gasteiger partial charge >= 0.3 is 0 Å². The smallest absolute Gasteiger partial charge is 0.235 e. The third-order valence-corrected chi connectivity index (χ3v) is 9.46. The molecule has 4 bridgehead atoms. The predicted molar refractivity (Wildman–Crippen MR) is 121 cm³/mol. The number of aryl methyl sites for hydroxylation is 1. The van der Waals surface area contributed by atoms with E-state index in [-0.39, 0.29) is 29.1 Å². The van der Waals surface area contributed by atoms with Gasteiger partial charge in [0.1, 0.15) is 5.41 Å². The standard InChI is InChI=1S/C26H35N3O3/c1-15-5-3-4-6-17(15)14-29-24(32)25(2)20(7-8-28-23(25)31)21-18-9-16-10-19(21)13-26(11-16,12-18)22(27)30/h3-6,16,18-21H,7-14H2,1-2H3,(H2,27,30)(H,28,31)(H,29,32). The van der Waals surface area contributed by atoms with Crippen molar-refractivity contribution >= 4 is 17.7 Å². The monoisotopic (exact) mass is 437 g/mol. The van der Waals surface area contributed by atoms with Crippen LogP contribution < -0.4 is 16.4 Å². The number of nitrogens with two attached hydrogens (primary N) is 1. The summed E-state index contributed by atoms with van der Waals surface area (Å²) in [7, 11) is 0. The Balaban J connectivity index is 1.40. The summed E-state index contributed by atoms with van der Waals surface area (Å²) in [5.74, 6) is 1.15. The van der Waals surface area contributed by atoms with Crippen molar-refractivity contribution in [3.05, 3.63) is 35.4 Å². The fourth-order valence-corrected chi connectivity index (χ4v) is 8.02. The first-order valence-corrected chi connectivity index (χ1v) is 12.2. The average Bonchev–Trinajstić information content (AvgIpc) is 2.75. The van der Waals surface area contributed by atoms with Crippen molar-refractivity contribution in [2.75, 3.05) is 6.54 Å². The Morgan fingerprint density at radius 2 is 1.84 bits per heavy atom. The minimum Gasteiger partial charge on any atom is -0.369 e. The largest absolute Gasteiger partial charge is 0.369 e. The molecule has 0 spiro atoms. The van der Waals surface area contributed by atoms with Crippen LogP contribution in [0.3, 0.4) is 0 Å². The van der Waals surface area contributed by atoms with Crippen molar-refractivity contribution < 1.29 is 14.4 Å². The first kappa shape index (κ1) is 21.5. The minimum atomic E-state index is -1.10. The number of hydrogen-bond donors (Lipinski definition) is 3. The molecule has 5 fully saturated rings. The summed E-state index contributed by atoms with van der Waals surface area (Å²) in [4.78, 5) is 39.2. The molecule has 4 aliphatic carbocycles. The Hall–Kier alpha value is -2.37. The van der Waals surface area contributed by atoms with E-state index in [1.165, 1.54) is 0 Å². The van der Waals surface area contributed by atoms with E-state index in [4.69, 9.17) is 5.73 Å². The molecule has 4 atom stereocenters.